The minimum Gasteiger partial charge on any atom is -0.493 e. The van der Waals surface area contributed by atoms with E-state index in [0.29, 0.717) is 12.0 Å². The number of hydrogen-bond donors (Lipinski definition) is 0. The van der Waals surface area contributed by atoms with Gasteiger partial charge in [-0.25, -0.2) is 4.39 Å². The van der Waals surface area contributed by atoms with E-state index in [1.54, 1.807) is 0 Å². The number of ether oxygens (including phenoxy) is 1. The zero-order chi connectivity index (χ0) is 27.5. The van der Waals surface area contributed by atoms with E-state index >= 15 is 0 Å². The van der Waals surface area contributed by atoms with Crippen LogP contribution in [0.15, 0.2) is 48.5 Å². The van der Waals surface area contributed by atoms with E-state index in [-0.39, 0.29) is 5.82 Å². The van der Waals surface area contributed by atoms with Gasteiger partial charge in [0, 0.05) is 37.3 Å². The maximum atomic E-state index is 13.2. The Balaban J connectivity index is 1.29. The number of hydrogen-bond acceptors (Lipinski definition) is 4. The average molecular weight is 542 g/mol. The highest BCUT2D eigenvalue weighted by Gasteiger charge is 2.40. The first kappa shape index (κ1) is 27.3. The highest BCUT2D eigenvalue weighted by molar-refractivity contribution is 5.84. The average Bonchev–Trinajstić information content (AvgIpc) is 3.47. The molecule has 6 rings (SSSR count). The molecular weight excluding hydrogens is 497 g/mol. The standard InChI is InChI=1S/C35H44FN3O/c1-3-31-26(2)37-32(25-38-20-4-5-21-38)33(34(31)39-22-18-35(19-23-39)16-6-17-35)28-9-13-30(14-10-28)40-24-15-27-7-11-29(36)12-8-27/h7-14H,3-6,15-25H2,1-2H3. The highest BCUT2D eigenvalue weighted by atomic mass is 19.1. The van der Waals surface area contributed by atoms with Crippen molar-refractivity contribution in [3.05, 3.63) is 76.9 Å². The van der Waals surface area contributed by atoms with Crippen LogP contribution in [0.4, 0.5) is 10.1 Å². The maximum Gasteiger partial charge on any atom is 0.123 e. The van der Waals surface area contributed by atoms with Gasteiger partial charge in [-0.2, -0.15) is 0 Å². The van der Waals surface area contributed by atoms with E-state index in [1.807, 2.05) is 12.1 Å². The SMILES string of the molecule is CCc1c(C)nc(CN2CCCC2)c(-c2ccc(OCCc3ccc(F)cc3)cc2)c1N1CCC2(CCC2)CC1. The predicted molar refractivity (Wildman–Crippen MR) is 162 cm³/mol. The third-order valence-electron chi connectivity index (χ3n) is 9.75. The Morgan fingerprint density at radius 3 is 2.20 bits per heavy atom. The van der Waals surface area contributed by atoms with E-state index in [0.717, 1.165) is 56.9 Å². The Morgan fingerprint density at radius 1 is 0.875 bits per heavy atom. The zero-order valence-corrected chi connectivity index (χ0v) is 24.4. The summed E-state index contributed by atoms with van der Waals surface area (Å²) >= 11 is 0. The first-order valence-electron chi connectivity index (χ1n) is 15.5. The number of likely N-dealkylation sites (tertiary alicyclic amines) is 1. The van der Waals surface area contributed by atoms with Crippen LogP contribution in [-0.4, -0.2) is 42.7 Å². The minimum atomic E-state index is -0.201. The summed E-state index contributed by atoms with van der Waals surface area (Å²) in [5.74, 6) is 0.668. The minimum absolute atomic E-state index is 0.201. The van der Waals surface area contributed by atoms with Crippen molar-refractivity contribution in [2.45, 2.75) is 78.2 Å². The number of halogens is 1. The summed E-state index contributed by atoms with van der Waals surface area (Å²) in [6, 6.07) is 15.3. The molecule has 3 aliphatic rings. The summed E-state index contributed by atoms with van der Waals surface area (Å²) < 4.78 is 19.3. The van der Waals surface area contributed by atoms with Crippen molar-refractivity contribution in [1.82, 2.24) is 9.88 Å². The van der Waals surface area contributed by atoms with Gasteiger partial charge in [-0.05, 0) is 111 Å². The number of benzene rings is 2. The lowest BCUT2D eigenvalue weighted by atomic mass is 9.63. The lowest BCUT2D eigenvalue weighted by Gasteiger charge is -2.49. The topological polar surface area (TPSA) is 28.6 Å². The van der Waals surface area contributed by atoms with Gasteiger partial charge in [-0.3, -0.25) is 9.88 Å². The fraction of sp³-hybridized carbons (Fsp3) is 0.514. The molecule has 3 heterocycles. The fourth-order valence-corrected chi connectivity index (χ4v) is 7.16. The molecule has 0 atom stereocenters. The summed E-state index contributed by atoms with van der Waals surface area (Å²) in [5.41, 5.74) is 9.53. The van der Waals surface area contributed by atoms with Gasteiger partial charge < -0.3 is 9.64 Å². The molecule has 0 N–H and O–H groups in total. The number of aryl methyl sites for hydroxylation is 1. The van der Waals surface area contributed by atoms with Gasteiger partial charge in [0.15, 0.2) is 0 Å². The number of anilines is 1. The molecule has 0 bridgehead atoms. The number of nitrogens with zero attached hydrogens (tertiary/aromatic N) is 3. The van der Waals surface area contributed by atoms with Crippen LogP contribution in [0.2, 0.25) is 0 Å². The van der Waals surface area contributed by atoms with Gasteiger partial charge in [0.1, 0.15) is 11.6 Å². The molecule has 5 heteroatoms. The first-order chi connectivity index (χ1) is 19.5. The summed E-state index contributed by atoms with van der Waals surface area (Å²) in [6.07, 6.45) is 11.2. The van der Waals surface area contributed by atoms with Gasteiger partial charge >= 0.3 is 0 Å². The summed E-state index contributed by atoms with van der Waals surface area (Å²) in [7, 11) is 0. The maximum absolute atomic E-state index is 13.2. The second-order valence-corrected chi connectivity index (χ2v) is 12.3. The van der Waals surface area contributed by atoms with Crippen LogP contribution in [-0.2, 0) is 19.4 Å². The molecule has 3 aromatic rings. The summed E-state index contributed by atoms with van der Waals surface area (Å²) in [5, 5.41) is 0. The van der Waals surface area contributed by atoms with Crippen LogP contribution >= 0.6 is 0 Å². The van der Waals surface area contributed by atoms with E-state index < -0.39 is 0 Å². The van der Waals surface area contributed by atoms with Gasteiger partial charge in [-0.1, -0.05) is 37.6 Å². The molecule has 4 nitrogen and oxygen atoms in total. The normalized spacial score (nSPS) is 18.7. The third kappa shape index (κ3) is 5.76. The fourth-order valence-electron chi connectivity index (χ4n) is 7.16. The zero-order valence-electron chi connectivity index (χ0n) is 24.4. The highest BCUT2D eigenvalue weighted by Crippen LogP contribution is 2.50. The molecule has 40 heavy (non-hydrogen) atoms. The third-order valence-corrected chi connectivity index (χ3v) is 9.75. The van der Waals surface area contributed by atoms with Crippen LogP contribution in [0, 0.1) is 18.2 Å². The van der Waals surface area contributed by atoms with Crippen molar-refractivity contribution in [2.24, 2.45) is 5.41 Å². The number of aromatic nitrogens is 1. The Labute approximate surface area is 239 Å². The van der Waals surface area contributed by atoms with Crippen LogP contribution in [0.5, 0.6) is 5.75 Å². The number of piperidine rings is 1. The summed E-state index contributed by atoms with van der Waals surface area (Å²) in [4.78, 5) is 10.6. The Bertz CT molecular complexity index is 1280. The van der Waals surface area contributed by atoms with Crippen molar-refractivity contribution >= 4 is 5.69 Å². The van der Waals surface area contributed by atoms with Crippen molar-refractivity contribution < 1.29 is 9.13 Å². The molecule has 2 aliphatic heterocycles. The molecule has 1 spiro atoms. The monoisotopic (exact) mass is 541 g/mol. The Kier molecular flexibility index (Phi) is 8.11. The molecule has 0 radical (unpaired) electrons. The molecule has 1 aromatic heterocycles. The lowest BCUT2D eigenvalue weighted by molar-refractivity contribution is 0.0955. The molecule has 2 saturated heterocycles. The molecular formula is C35H44FN3O. The van der Waals surface area contributed by atoms with E-state index in [2.05, 4.69) is 47.9 Å². The lowest BCUT2D eigenvalue weighted by Crippen LogP contribution is -2.44. The van der Waals surface area contributed by atoms with Gasteiger partial charge in [-0.15, -0.1) is 0 Å². The van der Waals surface area contributed by atoms with Crippen molar-refractivity contribution in [2.75, 3.05) is 37.7 Å². The van der Waals surface area contributed by atoms with Crippen LogP contribution < -0.4 is 9.64 Å². The molecule has 2 aromatic carbocycles. The van der Waals surface area contributed by atoms with Crippen LogP contribution in [0.3, 0.4) is 0 Å². The van der Waals surface area contributed by atoms with Crippen molar-refractivity contribution in [1.29, 1.82) is 0 Å². The Hall–Kier alpha value is -2.92. The second-order valence-electron chi connectivity index (χ2n) is 12.3. The molecule has 0 amide bonds. The molecule has 212 valence electrons. The van der Waals surface area contributed by atoms with Crippen LogP contribution in [0.1, 0.15) is 74.4 Å². The Morgan fingerprint density at radius 2 is 1.57 bits per heavy atom. The number of rotatable bonds is 9. The van der Waals surface area contributed by atoms with E-state index in [9.17, 15) is 4.39 Å². The molecule has 0 unspecified atom stereocenters. The molecule has 1 saturated carbocycles. The number of pyridine rings is 1. The second kappa shape index (κ2) is 11.9. The predicted octanol–water partition coefficient (Wildman–Crippen LogP) is 7.75. The molecule has 1 aliphatic carbocycles. The smallest absolute Gasteiger partial charge is 0.123 e. The quantitative estimate of drug-likeness (QED) is 0.277. The van der Waals surface area contributed by atoms with Gasteiger partial charge in [0.05, 0.1) is 18.0 Å². The largest absolute Gasteiger partial charge is 0.493 e. The van der Waals surface area contributed by atoms with E-state index in [1.165, 1.54) is 90.8 Å². The van der Waals surface area contributed by atoms with Crippen molar-refractivity contribution in [3.63, 3.8) is 0 Å². The van der Waals surface area contributed by atoms with Crippen LogP contribution in [0.25, 0.3) is 11.1 Å². The van der Waals surface area contributed by atoms with Gasteiger partial charge in [0.25, 0.3) is 0 Å². The molecule has 3 fully saturated rings. The first-order valence-corrected chi connectivity index (χ1v) is 15.5. The van der Waals surface area contributed by atoms with Crippen molar-refractivity contribution in [3.8, 4) is 16.9 Å². The van der Waals surface area contributed by atoms with Gasteiger partial charge in [0.2, 0.25) is 0 Å². The summed E-state index contributed by atoms with van der Waals surface area (Å²) in [6.45, 7) is 10.6. The van der Waals surface area contributed by atoms with E-state index in [4.69, 9.17) is 9.72 Å².